The Hall–Kier alpha value is -0.810. The van der Waals surface area contributed by atoms with Gasteiger partial charge in [-0.3, -0.25) is 0 Å². The number of hydrogen-bond acceptors (Lipinski definition) is 3. The number of nitrogens with two attached hydrogens (primary N) is 1. The molecule has 2 amide bonds. The van der Waals surface area contributed by atoms with Crippen LogP contribution in [0.15, 0.2) is 0 Å². The Labute approximate surface area is 84.3 Å². The van der Waals surface area contributed by atoms with Gasteiger partial charge in [-0.2, -0.15) is 0 Å². The molecule has 1 saturated heterocycles. The van der Waals surface area contributed by atoms with Gasteiger partial charge in [0.15, 0.2) is 0 Å². The first-order chi connectivity index (χ1) is 6.63. The van der Waals surface area contributed by atoms with Gasteiger partial charge in [-0.25, -0.2) is 4.79 Å². The summed E-state index contributed by atoms with van der Waals surface area (Å²) in [4.78, 5) is 12.6. The topological polar surface area (TPSA) is 78.6 Å². The lowest BCUT2D eigenvalue weighted by Crippen LogP contribution is -2.52. The smallest absolute Gasteiger partial charge is 0.314 e. The van der Waals surface area contributed by atoms with Crippen molar-refractivity contribution in [1.29, 1.82) is 0 Å². The van der Waals surface area contributed by atoms with Gasteiger partial charge in [-0.05, 0) is 12.3 Å². The quantitative estimate of drug-likeness (QED) is 0.568. The molecule has 1 aliphatic rings. The predicted octanol–water partition coefficient (Wildman–Crippen LogP) is -0.643. The maximum absolute atomic E-state index is 11.0. The Morgan fingerprint density at radius 1 is 1.64 bits per heavy atom. The molecule has 0 saturated carbocycles. The van der Waals surface area contributed by atoms with Crippen LogP contribution in [-0.2, 0) is 0 Å². The number of hydrogen-bond donors (Lipinski definition) is 3. The van der Waals surface area contributed by atoms with E-state index in [1.54, 1.807) is 4.90 Å². The van der Waals surface area contributed by atoms with Gasteiger partial charge in [0, 0.05) is 25.7 Å². The third-order valence-corrected chi connectivity index (χ3v) is 2.52. The van der Waals surface area contributed by atoms with Gasteiger partial charge in [-0.1, -0.05) is 6.92 Å². The van der Waals surface area contributed by atoms with Crippen LogP contribution in [0.3, 0.4) is 0 Å². The Bertz CT molecular complexity index is 198. The summed E-state index contributed by atoms with van der Waals surface area (Å²) in [6.45, 7) is 4.19. The van der Waals surface area contributed by atoms with Crippen molar-refractivity contribution in [3.05, 3.63) is 0 Å². The molecule has 14 heavy (non-hydrogen) atoms. The second-order valence-corrected chi connectivity index (χ2v) is 3.96. The highest BCUT2D eigenvalue weighted by molar-refractivity contribution is 5.72. The molecule has 2 unspecified atom stereocenters. The van der Waals surface area contributed by atoms with E-state index in [1.165, 1.54) is 0 Å². The molecule has 5 heteroatoms. The molecular weight excluding hydrogens is 182 g/mol. The van der Waals surface area contributed by atoms with Crippen LogP contribution in [0.1, 0.15) is 13.3 Å². The minimum absolute atomic E-state index is 0.126. The Morgan fingerprint density at radius 2 is 2.36 bits per heavy atom. The van der Waals surface area contributed by atoms with E-state index in [4.69, 9.17) is 10.8 Å². The number of amides is 2. The van der Waals surface area contributed by atoms with Crippen LogP contribution in [0.2, 0.25) is 0 Å². The number of carbonyl (C=O) groups is 1. The molecule has 82 valence electrons. The zero-order valence-electron chi connectivity index (χ0n) is 8.57. The SMILES string of the molecule is CC1CC(NCCO)CN(C(N)=O)C1. The van der Waals surface area contributed by atoms with Crippen LogP contribution in [0.25, 0.3) is 0 Å². The van der Waals surface area contributed by atoms with E-state index in [-0.39, 0.29) is 18.7 Å². The highest BCUT2D eigenvalue weighted by atomic mass is 16.3. The van der Waals surface area contributed by atoms with Crippen molar-refractivity contribution < 1.29 is 9.90 Å². The van der Waals surface area contributed by atoms with E-state index in [9.17, 15) is 4.79 Å². The van der Waals surface area contributed by atoms with E-state index in [2.05, 4.69) is 12.2 Å². The van der Waals surface area contributed by atoms with E-state index in [0.717, 1.165) is 13.0 Å². The summed E-state index contributed by atoms with van der Waals surface area (Å²) in [5.41, 5.74) is 5.23. The van der Waals surface area contributed by atoms with Crippen molar-refractivity contribution >= 4 is 6.03 Å². The fourth-order valence-electron chi connectivity index (χ4n) is 1.95. The Kier molecular flexibility index (Phi) is 4.16. The first kappa shape index (κ1) is 11.3. The molecule has 1 fully saturated rings. The second-order valence-electron chi connectivity index (χ2n) is 3.96. The minimum Gasteiger partial charge on any atom is -0.395 e. The summed E-state index contributed by atoms with van der Waals surface area (Å²) >= 11 is 0. The summed E-state index contributed by atoms with van der Waals surface area (Å²) in [7, 11) is 0. The summed E-state index contributed by atoms with van der Waals surface area (Å²) in [5, 5.41) is 11.9. The van der Waals surface area contributed by atoms with E-state index >= 15 is 0 Å². The van der Waals surface area contributed by atoms with Crippen LogP contribution in [0, 0.1) is 5.92 Å². The van der Waals surface area contributed by atoms with Gasteiger partial charge < -0.3 is 21.1 Å². The zero-order valence-corrected chi connectivity index (χ0v) is 8.57. The monoisotopic (exact) mass is 201 g/mol. The molecule has 0 radical (unpaired) electrons. The molecule has 0 aliphatic carbocycles. The molecule has 4 N–H and O–H groups in total. The van der Waals surface area contributed by atoms with Crippen LogP contribution >= 0.6 is 0 Å². The van der Waals surface area contributed by atoms with Crippen molar-refractivity contribution in [2.24, 2.45) is 11.7 Å². The zero-order chi connectivity index (χ0) is 10.6. The van der Waals surface area contributed by atoms with Gasteiger partial charge in [0.05, 0.1) is 6.61 Å². The first-order valence-corrected chi connectivity index (χ1v) is 5.02. The number of nitrogens with zero attached hydrogens (tertiary/aromatic N) is 1. The number of piperidine rings is 1. The maximum Gasteiger partial charge on any atom is 0.314 e. The highest BCUT2D eigenvalue weighted by Crippen LogP contribution is 2.15. The van der Waals surface area contributed by atoms with Gasteiger partial charge in [0.1, 0.15) is 0 Å². The molecule has 0 aromatic carbocycles. The largest absolute Gasteiger partial charge is 0.395 e. The molecule has 5 nitrogen and oxygen atoms in total. The number of nitrogens with one attached hydrogen (secondary N) is 1. The number of urea groups is 1. The molecule has 1 heterocycles. The molecule has 0 spiro atoms. The molecule has 2 atom stereocenters. The van der Waals surface area contributed by atoms with Gasteiger partial charge in [-0.15, -0.1) is 0 Å². The average Bonchev–Trinajstić information content (AvgIpc) is 2.14. The number of carbonyl (C=O) groups excluding carboxylic acids is 1. The lowest BCUT2D eigenvalue weighted by atomic mass is 9.96. The normalized spacial score (nSPS) is 27.7. The molecule has 0 aromatic heterocycles. The van der Waals surface area contributed by atoms with Crippen LogP contribution in [-0.4, -0.2) is 48.3 Å². The van der Waals surface area contributed by atoms with Crippen molar-refractivity contribution in [1.82, 2.24) is 10.2 Å². The Balaban J connectivity index is 2.41. The molecule has 1 aliphatic heterocycles. The summed E-state index contributed by atoms with van der Waals surface area (Å²) in [6.07, 6.45) is 1.03. The third kappa shape index (κ3) is 3.16. The van der Waals surface area contributed by atoms with Crippen molar-refractivity contribution in [3.8, 4) is 0 Å². The number of primary amides is 1. The summed E-state index contributed by atoms with van der Waals surface area (Å²) in [5.74, 6) is 0.465. The number of aliphatic hydroxyl groups is 1. The van der Waals surface area contributed by atoms with Gasteiger partial charge in [0.25, 0.3) is 0 Å². The molecular formula is C9H19N3O2. The second kappa shape index (κ2) is 5.17. The van der Waals surface area contributed by atoms with E-state index in [1.807, 2.05) is 0 Å². The third-order valence-electron chi connectivity index (χ3n) is 2.52. The summed E-state index contributed by atoms with van der Waals surface area (Å²) < 4.78 is 0. The van der Waals surface area contributed by atoms with E-state index in [0.29, 0.717) is 19.0 Å². The maximum atomic E-state index is 11.0. The highest BCUT2D eigenvalue weighted by Gasteiger charge is 2.25. The van der Waals surface area contributed by atoms with E-state index < -0.39 is 0 Å². The van der Waals surface area contributed by atoms with Gasteiger partial charge >= 0.3 is 6.03 Å². The Morgan fingerprint density at radius 3 is 2.93 bits per heavy atom. The predicted molar refractivity (Wildman–Crippen MR) is 53.8 cm³/mol. The molecule has 0 aromatic rings. The van der Waals surface area contributed by atoms with Crippen molar-refractivity contribution in [2.75, 3.05) is 26.2 Å². The minimum atomic E-state index is -0.354. The standard InChI is InChI=1S/C9H19N3O2/c1-7-4-8(11-2-3-13)6-12(5-7)9(10)14/h7-8,11,13H,2-6H2,1H3,(H2,10,14). The first-order valence-electron chi connectivity index (χ1n) is 5.02. The van der Waals surface area contributed by atoms with Crippen LogP contribution < -0.4 is 11.1 Å². The fourth-order valence-corrected chi connectivity index (χ4v) is 1.95. The van der Waals surface area contributed by atoms with Crippen molar-refractivity contribution in [2.45, 2.75) is 19.4 Å². The van der Waals surface area contributed by atoms with Gasteiger partial charge in [0.2, 0.25) is 0 Å². The number of likely N-dealkylation sites (tertiary alicyclic amines) is 1. The van der Waals surface area contributed by atoms with Crippen molar-refractivity contribution in [3.63, 3.8) is 0 Å². The number of rotatable bonds is 3. The average molecular weight is 201 g/mol. The molecule has 1 rings (SSSR count). The summed E-state index contributed by atoms with van der Waals surface area (Å²) in [6, 6.07) is -0.0919. The number of aliphatic hydroxyl groups excluding tert-OH is 1. The molecule has 0 bridgehead atoms. The lowest BCUT2D eigenvalue weighted by molar-refractivity contribution is 0.155. The fraction of sp³-hybridized carbons (Fsp3) is 0.889. The van der Waals surface area contributed by atoms with Crippen LogP contribution in [0.4, 0.5) is 4.79 Å². The van der Waals surface area contributed by atoms with Crippen LogP contribution in [0.5, 0.6) is 0 Å². The lowest BCUT2D eigenvalue weighted by Gasteiger charge is -2.35.